The summed E-state index contributed by atoms with van der Waals surface area (Å²) in [7, 11) is -3.88. The lowest BCUT2D eigenvalue weighted by atomic mass is 10.00. The van der Waals surface area contributed by atoms with Gasteiger partial charge in [0.2, 0.25) is 20.9 Å². The van der Waals surface area contributed by atoms with E-state index in [9.17, 15) is 13.2 Å². The Balaban J connectivity index is 1.91. The van der Waals surface area contributed by atoms with E-state index in [1.165, 1.54) is 0 Å². The van der Waals surface area contributed by atoms with Gasteiger partial charge in [0.25, 0.3) is 0 Å². The number of ether oxygens (including phenoxy) is 2. The molecule has 4 heterocycles. The summed E-state index contributed by atoms with van der Waals surface area (Å²) >= 11 is 5.99. The van der Waals surface area contributed by atoms with Crippen LogP contribution in [0.15, 0.2) is 5.16 Å². The molecule has 0 saturated carbocycles. The van der Waals surface area contributed by atoms with Crippen molar-refractivity contribution in [3.63, 3.8) is 0 Å². The van der Waals surface area contributed by atoms with Gasteiger partial charge in [-0.1, -0.05) is 18.5 Å². The van der Waals surface area contributed by atoms with Gasteiger partial charge >= 0.3 is 6.09 Å². The van der Waals surface area contributed by atoms with Crippen molar-refractivity contribution in [1.29, 1.82) is 0 Å². The van der Waals surface area contributed by atoms with Crippen molar-refractivity contribution in [2.45, 2.75) is 70.0 Å². The van der Waals surface area contributed by atoms with E-state index in [4.69, 9.17) is 21.1 Å². The third-order valence-corrected chi connectivity index (χ3v) is 6.90. The van der Waals surface area contributed by atoms with Crippen molar-refractivity contribution in [1.82, 2.24) is 19.9 Å². The smallest absolute Gasteiger partial charge is 0.410 e. The highest BCUT2D eigenvalue weighted by Crippen LogP contribution is 2.42. The number of hydrogen-bond acceptors (Lipinski definition) is 9. The summed E-state index contributed by atoms with van der Waals surface area (Å²) in [6.07, 6.45) is 0.540. The lowest BCUT2D eigenvalue weighted by Gasteiger charge is -2.48. The van der Waals surface area contributed by atoms with Gasteiger partial charge in [0.05, 0.1) is 6.04 Å². The Bertz CT molecular complexity index is 1270. The number of piperazine rings is 1. The number of halogens is 2. The van der Waals surface area contributed by atoms with Gasteiger partial charge in [-0.05, 0) is 34.1 Å². The van der Waals surface area contributed by atoms with E-state index in [1.54, 1.807) is 32.6 Å². The normalized spacial score (nSPS) is 22.8. The fraction of sp³-hybridized carbons (Fsp3) is 0.619. The number of fused-ring (bicyclic) bond motifs is 2. The van der Waals surface area contributed by atoms with Crippen LogP contribution in [0.25, 0.3) is 10.9 Å². The van der Waals surface area contributed by atoms with Crippen LogP contribution in [-0.4, -0.2) is 77.5 Å². The molecule has 2 aliphatic rings. The number of aromatic nitrogens is 3. The first kappa shape index (κ1) is 24.6. The number of sulfone groups is 1. The number of rotatable bonds is 2. The Morgan fingerprint density at radius 3 is 2.53 bits per heavy atom. The van der Waals surface area contributed by atoms with Gasteiger partial charge in [0.15, 0.2) is 11.0 Å². The zero-order valence-corrected chi connectivity index (χ0v) is 21.4. The van der Waals surface area contributed by atoms with Gasteiger partial charge in [-0.15, -0.1) is 0 Å². The minimum absolute atomic E-state index is 0.0111. The highest BCUT2D eigenvalue weighted by Gasteiger charge is 2.45. The van der Waals surface area contributed by atoms with Gasteiger partial charge in [-0.3, -0.25) is 0 Å². The Morgan fingerprint density at radius 2 is 1.94 bits per heavy atom. The summed E-state index contributed by atoms with van der Waals surface area (Å²) in [6.45, 7) is 9.63. The molecule has 34 heavy (non-hydrogen) atoms. The van der Waals surface area contributed by atoms with Crippen molar-refractivity contribution in [2.24, 2.45) is 0 Å². The quantitative estimate of drug-likeness (QED) is 0.439. The maximum atomic E-state index is 15.0. The number of amides is 1. The van der Waals surface area contributed by atoms with Gasteiger partial charge in [-0.25, -0.2) is 27.6 Å². The molecule has 3 atom stereocenters. The number of pyridine rings is 1. The Hall–Kier alpha value is -2.47. The van der Waals surface area contributed by atoms with Crippen molar-refractivity contribution in [3.05, 3.63) is 11.0 Å². The van der Waals surface area contributed by atoms with E-state index < -0.39 is 49.8 Å². The maximum absolute atomic E-state index is 15.0. The molecule has 0 radical (unpaired) electrons. The van der Waals surface area contributed by atoms with Crippen LogP contribution in [0.2, 0.25) is 5.15 Å². The molecule has 0 aromatic carbocycles. The summed E-state index contributed by atoms with van der Waals surface area (Å²) < 4.78 is 51.4. The van der Waals surface area contributed by atoms with Crippen molar-refractivity contribution < 1.29 is 27.1 Å². The number of nitrogens with zero attached hydrogens (tertiary/aromatic N) is 5. The predicted octanol–water partition coefficient (Wildman–Crippen LogP) is 3.21. The first-order chi connectivity index (χ1) is 15.7. The standard InChI is InChI=1S/C21H27ClFN5O5S/c1-7-11-8-27(20(29)33-21(3,4)5)9-12-10(2)32-18-13-15(14(23)16(22)25-18)24-19(34(6,30)31)26-17(13)28(11)12/h10-12H,7-9H2,1-6H3/t10-,11?,12-/m0/s1. The molecular weight excluding hydrogens is 489 g/mol. The van der Waals surface area contributed by atoms with Crippen LogP contribution in [0.1, 0.15) is 41.0 Å². The molecule has 0 N–H and O–H groups in total. The van der Waals surface area contributed by atoms with Crippen LogP contribution in [0.3, 0.4) is 0 Å². The second-order valence-electron chi connectivity index (χ2n) is 9.59. The third-order valence-electron chi connectivity index (χ3n) is 5.80. The molecular formula is C21H27ClFN5O5S. The first-order valence-electron chi connectivity index (χ1n) is 10.9. The monoisotopic (exact) mass is 515 g/mol. The summed E-state index contributed by atoms with van der Waals surface area (Å²) in [6, 6.07) is -0.736. The van der Waals surface area contributed by atoms with Crippen LogP contribution < -0.4 is 9.64 Å². The second kappa shape index (κ2) is 8.33. The molecule has 1 fully saturated rings. The summed E-state index contributed by atoms with van der Waals surface area (Å²) in [5.41, 5.74) is -0.947. The van der Waals surface area contributed by atoms with Gasteiger partial charge in [0, 0.05) is 25.4 Å². The SMILES string of the molecule is CCC1CN(C(=O)OC(C)(C)C)C[C@H]2[C@H](C)Oc3nc(Cl)c(F)c4nc(S(C)(=O)=O)nc(c34)N12. The zero-order valence-electron chi connectivity index (χ0n) is 19.8. The average molecular weight is 516 g/mol. The minimum Gasteiger partial charge on any atom is -0.472 e. The molecule has 2 aromatic rings. The molecule has 0 spiro atoms. The molecule has 10 nitrogen and oxygen atoms in total. The molecule has 0 aliphatic carbocycles. The number of hydrogen-bond donors (Lipinski definition) is 0. The highest BCUT2D eigenvalue weighted by molar-refractivity contribution is 7.90. The van der Waals surface area contributed by atoms with Crippen LogP contribution in [0.4, 0.5) is 15.0 Å². The summed E-state index contributed by atoms with van der Waals surface area (Å²) in [5, 5.41) is -0.867. The Labute approximate surface area is 202 Å². The number of carbonyl (C=O) groups is 1. The molecule has 0 bridgehead atoms. The van der Waals surface area contributed by atoms with Crippen LogP contribution >= 0.6 is 11.6 Å². The van der Waals surface area contributed by atoms with Crippen molar-refractivity contribution in [3.8, 4) is 5.88 Å². The van der Waals surface area contributed by atoms with Gasteiger partial charge in [0.1, 0.15) is 28.4 Å². The lowest BCUT2D eigenvalue weighted by Crippen LogP contribution is -2.64. The van der Waals surface area contributed by atoms with Crippen molar-refractivity contribution in [2.75, 3.05) is 24.2 Å². The summed E-state index contributed by atoms with van der Waals surface area (Å²) in [5.74, 6) is -0.755. The molecule has 2 aliphatic heterocycles. The molecule has 13 heteroatoms. The summed E-state index contributed by atoms with van der Waals surface area (Å²) in [4.78, 5) is 28.7. The third kappa shape index (κ3) is 4.33. The second-order valence-corrected chi connectivity index (χ2v) is 11.9. The van der Waals surface area contributed by atoms with Crippen molar-refractivity contribution >= 4 is 44.3 Å². The van der Waals surface area contributed by atoms with E-state index >= 15 is 4.39 Å². The fourth-order valence-corrected chi connectivity index (χ4v) is 4.95. The van der Waals surface area contributed by atoms with E-state index in [0.29, 0.717) is 13.0 Å². The topological polar surface area (TPSA) is 115 Å². The molecule has 2 aromatic heterocycles. The van der Waals surface area contributed by atoms with E-state index in [2.05, 4.69) is 15.0 Å². The molecule has 1 unspecified atom stereocenters. The maximum Gasteiger partial charge on any atom is 0.410 e. The molecule has 4 rings (SSSR count). The molecule has 1 amide bonds. The Morgan fingerprint density at radius 1 is 1.26 bits per heavy atom. The fourth-order valence-electron chi connectivity index (χ4n) is 4.28. The average Bonchev–Trinajstić information content (AvgIpc) is 2.84. The Kier molecular flexibility index (Phi) is 6.04. The first-order valence-corrected chi connectivity index (χ1v) is 13.2. The van der Waals surface area contributed by atoms with Crippen LogP contribution in [0.5, 0.6) is 5.88 Å². The van der Waals surface area contributed by atoms with E-state index in [0.717, 1.165) is 6.26 Å². The number of anilines is 1. The predicted molar refractivity (Wildman–Crippen MR) is 124 cm³/mol. The zero-order chi connectivity index (χ0) is 25.2. The largest absolute Gasteiger partial charge is 0.472 e. The molecule has 186 valence electrons. The highest BCUT2D eigenvalue weighted by atomic mass is 35.5. The minimum atomic E-state index is -3.88. The van der Waals surface area contributed by atoms with Crippen LogP contribution in [0, 0.1) is 5.82 Å². The van der Waals surface area contributed by atoms with Crippen LogP contribution in [-0.2, 0) is 14.6 Å². The van der Waals surface area contributed by atoms with E-state index in [-0.39, 0.29) is 35.2 Å². The molecule has 1 saturated heterocycles. The number of carbonyl (C=O) groups excluding carboxylic acids is 1. The van der Waals surface area contributed by atoms with E-state index in [1.807, 2.05) is 11.8 Å². The lowest BCUT2D eigenvalue weighted by molar-refractivity contribution is 0.0133. The van der Waals surface area contributed by atoms with Gasteiger partial charge in [-0.2, -0.15) is 4.98 Å². The van der Waals surface area contributed by atoms with Gasteiger partial charge < -0.3 is 19.3 Å².